The van der Waals surface area contributed by atoms with Crippen molar-refractivity contribution in [3.05, 3.63) is 124 Å². The van der Waals surface area contributed by atoms with Gasteiger partial charge in [-0.15, -0.1) is 0 Å². The number of nitrogens with one attached hydrogen (secondary N) is 1. The molecule has 3 aromatic heterocycles. The van der Waals surface area contributed by atoms with Gasteiger partial charge in [0.1, 0.15) is 11.2 Å². The molecule has 0 saturated carbocycles. The molecule has 0 fully saturated rings. The number of carbonyl (C=O) groups is 1. The second-order valence-corrected chi connectivity index (χ2v) is 8.88. The molecule has 0 atom stereocenters. The molecule has 0 unspecified atom stereocenters. The first-order chi connectivity index (χ1) is 19.4. The topological polar surface area (TPSA) is 89.8 Å². The predicted molar refractivity (Wildman–Crippen MR) is 137 cm³/mol. The Labute approximate surface area is 227 Å². The third-order valence-corrected chi connectivity index (χ3v) is 5.99. The summed E-state index contributed by atoms with van der Waals surface area (Å²) in [6, 6.07) is 13.1. The number of hydrogen-bond donors (Lipinski definition) is 1. The van der Waals surface area contributed by atoms with Gasteiger partial charge in [0.15, 0.2) is 5.65 Å². The maximum absolute atomic E-state index is 13.5. The summed E-state index contributed by atoms with van der Waals surface area (Å²) in [5, 5.41) is 2.31. The zero-order chi connectivity index (χ0) is 29.4. The molecular weight excluding hydrogens is 552 g/mol. The number of carbonyl (C=O) groups excluding carboxylic acids is 1. The van der Waals surface area contributed by atoms with Crippen molar-refractivity contribution in [1.82, 2.24) is 19.5 Å². The van der Waals surface area contributed by atoms with Crippen molar-refractivity contribution in [1.29, 1.82) is 0 Å². The van der Waals surface area contributed by atoms with Gasteiger partial charge in [0.05, 0.1) is 16.8 Å². The summed E-state index contributed by atoms with van der Waals surface area (Å²) in [4.78, 5) is 39.1. The van der Waals surface area contributed by atoms with Crippen LogP contribution in [0.1, 0.15) is 32.7 Å². The molecule has 0 aliphatic heterocycles. The van der Waals surface area contributed by atoms with Gasteiger partial charge in [-0.25, -0.2) is 9.97 Å². The van der Waals surface area contributed by atoms with Crippen LogP contribution >= 0.6 is 0 Å². The van der Waals surface area contributed by atoms with Gasteiger partial charge in [-0.2, -0.15) is 26.3 Å². The van der Waals surface area contributed by atoms with Gasteiger partial charge in [-0.05, 0) is 60.2 Å². The molecule has 5 aromatic rings. The Morgan fingerprint density at radius 3 is 2.22 bits per heavy atom. The van der Waals surface area contributed by atoms with E-state index < -0.39 is 40.5 Å². The summed E-state index contributed by atoms with van der Waals surface area (Å²) < 4.78 is 80.8. The van der Waals surface area contributed by atoms with Crippen molar-refractivity contribution >= 4 is 22.8 Å². The molecule has 1 N–H and O–H groups in total. The smallest absolute Gasteiger partial charge is 0.322 e. The van der Waals surface area contributed by atoms with Crippen molar-refractivity contribution in [2.75, 3.05) is 5.32 Å². The minimum absolute atomic E-state index is 0.0140. The zero-order valence-electron chi connectivity index (χ0n) is 20.7. The minimum atomic E-state index is -5.11. The molecule has 2 aromatic carbocycles. The lowest BCUT2D eigenvalue weighted by Gasteiger charge is -2.15. The molecule has 7 nitrogen and oxygen atoms in total. The molecule has 13 heteroatoms. The Morgan fingerprint density at radius 2 is 1.56 bits per heavy atom. The van der Waals surface area contributed by atoms with Crippen LogP contribution in [-0.4, -0.2) is 25.4 Å². The van der Waals surface area contributed by atoms with Gasteiger partial charge < -0.3 is 5.32 Å². The number of pyridine rings is 2. The van der Waals surface area contributed by atoms with Gasteiger partial charge in [-0.3, -0.25) is 19.1 Å². The SMILES string of the molecule is O=C(Nc1cccc(-n2c(=O)c(Cc3cccnc3)nc3cccnc32)c1)c1cc(C(F)(F)F)cc(C(F)(F)F)c1. The standard InChI is InChI=1S/C28H17F6N5O2/c29-27(30,31)18-11-17(12-19(13-18)28(32,33)34)25(40)37-20-5-1-6-21(14-20)39-24-22(7-3-9-36-24)38-23(26(39)41)10-16-4-2-8-35-15-16/h1-9,11-15H,10H2,(H,37,40). The monoisotopic (exact) mass is 569 g/mol. The fourth-order valence-corrected chi connectivity index (χ4v) is 4.13. The quantitative estimate of drug-likeness (QED) is 0.260. The summed E-state index contributed by atoms with van der Waals surface area (Å²) in [7, 11) is 0. The molecule has 208 valence electrons. The number of amides is 1. The summed E-state index contributed by atoms with van der Waals surface area (Å²) in [5.41, 5.74) is -2.86. The molecular formula is C28H17F6N5O2. The molecule has 41 heavy (non-hydrogen) atoms. The van der Waals surface area contributed by atoms with E-state index in [9.17, 15) is 35.9 Å². The van der Waals surface area contributed by atoms with E-state index in [2.05, 4.69) is 20.3 Å². The van der Waals surface area contributed by atoms with Crippen LogP contribution in [0.25, 0.3) is 16.9 Å². The van der Waals surface area contributed by atoms with Crippen LogP contribution in [0, 0.1) is 0 Å². The van der Waals surface area contributed by atoms with Crippen molar-refractivity contribution in [2.24, 2.45) is 0 Å². The molecule has 0 saturated heterocycles. The van der Waals surface area contributed by atoms with E-state index in [0.29, 0.717) is 17.6 Å². The molecule has 3 heterocycles. The minimum Gasteiger partial charge on any atom is -0.322 e. The van der Waals surface area contributed by atoms with E-state index in [1.807, 2.05) is 0 Å². The van der Waals surface area contributed by atoms with Gasteiger partial charge in [0.25, 0.3) is 11.5 Å². The Hall–Kier alpha value is -5.07. The lowest BCUT2D eigenvalue weighted by atomic mass is 10.0. The van der Waals surface area contributed by atoms with Crippen molar-refractivity contribution in [3.63, 3.8) is 0 Å². The number of hydrogen-bond acceptors (Lipinski definition) is 5. The van der Waals surface area contributed by atoms with E-state index in [0.717, 1.165) is 5.56 Å². The number of rotatable bonds is 5. The highest BCUT2D eigenvalue weighted by atomic mass is 19.4. The van der Waals surface area contributed by atoms with Crippen molar-refractivity contribution in [2.45, 2.75) is 18.8 Å². The molecule has 0 spiro atoms. The van der Waals surface area contributed by atoms with E-state index in [4.69, 9.17) is 0 Å². The average molecular weight is 569 g/mol. The number of alkyl halides is 6. The maximum Gasteiger partial charge on any atom is 0.416 e. The lowest BCUT2D eigenvalue weighted by molar-refractivity contribution is -0.143. The third kappa shape index (κ3) is 5.93. The van der Waals surface area contributed by atoms with Crippen LogP contribution < -0.4 is 10.9 Å². The van der Waals surface area contributed by atoms with E-state index in [-0.39, 0.29) is 35.2 Å². The Balaban J connectivity index is 1.54. The summed E-state index contributed by atoms with van der Waals surface area (Å²) >= 11 is 0. The Morgan fingerprint density at radius 1 is 0.854 bits per heavy atom. The maximum atomic E-state index is 13.5. The molecule has 0 aliphatic rings. The fraction of sp³-hybridized carbons (Fsp3) is 0.107. The summed E-state index contributed by atoms with van der Waals surface area (Å²) in [5.74, 6) is -1.21. The molecule has 0 radical (unpaired) electrons. The summed E-state index contributed by atoms with van der Waals surface area (Å²) in [6.07, 6.45) is -5.43. The second-order valence-electron chi connectivity index (χ2n) is 8.88. The normalized spacial score (nSPS) is 12.0. The molecule has 0 aliphatic carbocycles. The summed E-state index contributed by atoms with van der Waals surface area (Å²) in [6.45, 7) is 0. The van der Waals surface area contributed by atoms with Crippen molar-refractivity contribution in [3.8, 4) is 5.69 Å². The fourth-order valence-electron chi connectivity index (χ4n) is 4.13. The van der Waals surface area contributed by atoms with E-state index in [1.54, 1.807) is 36.7 Å². The number of fused-ring (bicyclic) bond motifs is 1. The van der Waals surface area contributed by atoms with Crippen LogP contribution in [-0.2, 0) is 18.8 Å². The first kappa shape index (κ1) is 27.5. The highest BCUT2D eigenvalue weighted by Crippen LogP contribution is 2.36. The van der Waals surface area contributed by atoms with Crippen LogP contribution in [0.2, 0.25) is 0 Å². The van der Waals surface area contributed by atoms with Gasteiger partial charge >= 0.3 is 12.4 Å². The Kier molecular flexibility index (Phi) is 7.03. The number of nitrogens with zero attached hydrogens (tertiary/aromatic N) is 4. The number of aromatic nitrogens is 4. The van der Waals surface area contributed by atoms with Crippen LogP contribution in [0.4, 0.5) is 32.0 Å². The number of anilines is 1. The number of benzene rings is 2. The molecule has 1 amide bonds. The highest BCUT2D eigenvalue weighted by molar-refractivity contribution is 6.04. The van der Waals surface area contributed by atoms with Crippen LogP contribution in [0.3, 0.4) is 0 Å². The van der Waals surface area contributed by atoms with Gasteiger partial charge in [0.2, 0.25) is 0 Å². The van der Waals surface area contributed by atoms with Crippen LogP contribution in [0.15, 0.2) is 90.1 Å². The van der Waals surface area contributed by atoms with Gasteiger partial charge in [0, 0.05) is 36.3 Å². The Bertz CT molecular complexity index is 1790. The molecule has 5 rings (SSSR count). The first-order valence-corrected chi connectivity index (χ1v) is 11.9. The zero-order valence-corrected chi connectivity index (χ0v) is 20.7. The van der Waals surface area contributed by atoms with Crippen molar-refractivity contribution < 1.29 is 31.1 Å². The average Bonchev–Trinajstić information content (AvgIpc) is 2.93. The van der Waals surface area contributed by atoms with E-state index >= 15 is 0 Å². The van der Waals surface area contributed by atoms with E-state index in [1.165, 1.54) is 35.0 Å². The second kappa shape index (κ2) is 10.5. The predicted octanol–water partition coefficient (Wildman–Crippen LogP) is 6.06. The number of halogens is 6. The highest BCUT2D eigenvalue weighted by Gasteiger charge is 2.37. The molecule has 0 bridgehead atoms. The van der Waals surface area contributed by atoms with Gasteiger partial charge in [-0.1, -0.05) is 12.1 Å². The van der Waals surface area contributed by atoms with Crippen LogP contribution in [0.5, 0.6) is 0 Å². The third-order valence-electron chi connectivity index (χ3n) is 5.99. The largest absolute Gasteiger partial charge is 0.416 e. The lowest BCUT2D eigenvalue weighted by Crippen LogP contribution is -2.25. The first-order valence-electron chi connectivity index (χ1n) is 11.9.